The number of hydrogen-bond acceptors (Lipinski definition) is 5. The summed E-state index contributed by atoms with van der Waals surface area (Å²) in [7, 11) is 0. The third-order valence-electron chi connectivity index (χ3n) is 3.68. The van der Waals surface area contributed by atoms with Crippen LogP contribution in [0.3, 0.4) is 0 Å². The summed E-state index contributed by atoms with van der Waals surface area (Å²) in [5.41, 5.74) is 0. The molecule has 2 aromatic heterocycles. The molecule has 0 radical (unpaired) electrons. The second kappa shape index (κ2) is 5.52. The van der Waals surface area contributed by atoms with Gasteiger partial charge in [0.1, 0.15) is 0 Å². The predicted molar refractivity (Wildman–Crippen MR) is 69.4 cm³/mol. The highest BCUT2D eigenvalue weighted by atomic mass is 16.5. The van der Waals surface area contributed by atoms with Gasteiger partial charge in [-0.1, -0.05) is 18.0 Å². The number of nitrogens with one attached hydrogen (secondary N) is 1. The summed E-state index contributed by atoms with van der Waals surface area (Å²) in [6.45, 7) is 2.46. The van der Waals surface area contributed by atoms with Gasteiger partial charge < -0.3 is 9.84 Å². The van der Waals surface area contributed by atoms with E-state index in [1.165, 1.54) is 19.3 Å². The Morgan fingerprint density at radius 1 is 1.42 bits per heavy atom. The molecule has 0 aromatic carbocycles. The highest BCUT2D eigenvalue weighted by Crippen LogP contribution is 2.28. The summed E-state index contributed by atoms with van der Waals surface area (Å²) in [6, 6.07) is 2.82. The molecule has 1 N–H and O–H groups in total. The quantitative estimate of drug-likeness (QED) is 0.909. The van der Waals surface area contributed by atoms with E-state index < -0.39 is 0 Å². The Bertz CT molecular complexity index is 507. The molecule has 2 aromatic rings. The van der Waals surface area contributed by atoms with Gasteiger partial charge in [0.05, 0.1) is 12.6 Å². The molecule has 2 atom stereocenters. The molecule has 6 heteroatoms. The van der Waals surface area contributed by atoms with Gasteiger partial charge in [-0.3, -0.25) is 4.68 Å². The number of aryl methyl sites for hydroxylation is 1. The Morgan fingerprint density at radius 2 is 2.32 bits per heavy atom. The van der Waals surface area contributed by atoms with Crippen LogP contribution in [0.15, 0.2) is 23.0 Å². The minimum absolute atomic E-state index is 0.417. The number of aromatic nitrogens is 4. The van der Waals surface area contributed by atoms with E-state index in [1.807, 2.05) is 25.4 Å². The van der Waals surface area contributed by atoms with Crippen molar-refractivity contribution in [3.05, 3.63) is 30.2 Å². The molecule has 0 amide bonds. The van der Waals surface area contributed by atoms with Gasteiger partial charge in [0.2, 0.25) is 5.89 Å². The summed E-state index contributed by atoms with van der Waals surface area (Å²) >= 11 is 0. The lowest BCUT2D eigenvalue weighted by molar-refractivity contribution is 0.236. The molecular weight excluding hydrogens is 242 g/mol. The molecule has 102 valence electrons. The zero-order valence-corrected chi connectivity index (χ0v) is 11.1. The normalized spacial score (nSPS) is 23.6. The van der Waals surface area contributed by atoms with Crippen molar-refractivity contribution in [3.63, 3.8) is 0 Å². The standard InChI is InChI=1S/C13H19N5O/c1-10-16-13(19-17-10)9-14-11-5-2-3-6-12(11)18-8-4-7-15-18/h4,7-8,11-12,14H,2-3,5-6,9H2,1H3/t11-,12+/m0/s1. The van der Waals surface area contributed by atoms with Gasteiger partial charge in [-0.05, 0) is 25.8 Å². The minimum Gasteiger partial charge on any atom is -0.338 e. The van der Waals surface area contributed by atoms with Crippen molar-refractivity contribution in [2.24, 2.45) is 0 Å². The molecule has 1 fully saturated rings. The van der Waals surface area contributed by atoms with Crippen LogP contribution in [0.2, 0.25) is 0 Å². The van der Waals surface area contributed by atoms with Crippen molar-refractivity contribution in [1.29, 1.82) is 0 Å². The predicted octanol–water partition coefficient (Wildman–Crippen LogP) is 1.85. The Kier molecular flexibility index (Phi) is 3.59. The van der Waals surface area contributed by atoms with Crippen LogP contribution >= 0.6 is 0 Å². The fraction of sp³-hybridized carbons (Fsp3) is 0.615. The monoisotopic (exact) mass is 261 g/mol. The lowest BCUT2D eigenvalue weighted by Crippen LogP contribution is -2.39. The molecule has 0 bridgehead atoms. The van der Waals surface area contributed by atoms with Gasteiger partial charge in [0, 0.05) is 18.4 Å². The number of nitrogens with zero attached hydrogens (tertiary/aromatic N) is 4. The lowest BCUT2D eigenvalue weighted by atomic mass is 9.90. The van der Waals surface area contributed by atoms with Crippen LogP contribution in [0.1, 0.15) is 43.4 Å². The maximum absolute atomic E-state index is 5.14. The van der Waals surface area contributed by atoms with Gasteiger partial charge in [0.25, 0.3) is 0 Å². The third-order valence-corrected chi connectivity index (χ3v) is 3.68. The van der Waals surface area contributed by atoms with Crippen molar-refractivity contribution in [2.75, 3.05) is 0 Å². The maximum atomic E-state index is 5.14. The fourth-order valence-electron chi connectivity index (χ4n) is 2.77. The summed E-state index contributed by atoms with van der Waals surface area (Å²) in [4.78, 5) is 4.22. The molecule has 2 heterocycles. The van der Waals surface area contributed by atoms with Gasteiger partial charge in [0.15, 0.2) is 5.82 Å². The molecule has 1 aliphatic rings. The van der Waals surface area contributed by atoms with E-state index >= 15 is 0 Å². The van der Waals surface area contributed by atoms with Crippen LogP contribution in [-0.4, -0.2) is 26.0 Å². The molecule has 6 nitrogen and oxygen atoms in total. The van der Waals surface area contributed by atoms with Gasteiger partial charge in [-0.15, -0.1) is 0 Å². The first kappa shape index (κ1) is 12.3. The van der Waals surface area contributed by atoms with E-state index in [4.69, 9.17) is 4.52 Å². The Labute approximate surface area is 112 Å². The molecule has 3 rings (SSSR count). The van der Waals surface area contributed by atoms with Crippen LogP contribution < -0.4 is 5.32 Å². The van der Waals surface area contributed by atoms with E-state index in [2.05, 4.69) is 25.2 Å². The van der Waals surface area contributed by atoms with Crippen molar-refractivity contribution in [3.8, 4) is 0 Å². The lowest BCUT2D eigenvalue weighted by Gasteiger charge is -2.32. The summed E-state index contributed by atoms with van der Waals surface area (Å²) in [5.74, 6) is 1.34. The van der Waals surface area contributed by atoms with Crippen molar-refractivity contribution in [2.45, 2.75) is 51.2 Å². The van der Waals surface area contributed by atoms with Crippen LogP contribution in [0.4, 0.5) is 0 Å². The highest BCUT2D eigenvalue weighted by Gasteiger charge is 2.26. The van der Waals surface area contributed by atoms with E-state index in [0.29, 0.717) is 30.3 Å². The Hall–Kier alpha value is -1.69. The second-order valence-electron chi connectivity index (χ2n) is 5.06. The first-order chi connectivity index (χ1) is 9.33. The SMILES string of the molecule is Cc1noc(CN[C@H]2CCCC[C@H]2n2cccn2)n1. The molecule has 0 aliphatic heterocycles. The summed E-state index contributed by atoms with van der Waals surface area (Å²) in [6.07, 6.45) is 8.75. The zero-order valence-electron chi connectivity index (χ0n) is 11.1. The van der Waals surface area contributed by atoms with Gasteiger partial charge in [-0.25, -0.2) is 0 Å². The number of hydrogen-bond donors (Lipinski definition) is 1. The molecule has 0 unspecified atom stereocenters. The molecule has 0 spiro atoms. The molecule has 0 saturated heterocycles. The first-order valence-corrected chi connectivity index (χ1v) is 6.84. The summed E-state index contributed by atoms with van der Waals surface area (Å²) < 4.78 is 7.20. The first-order valence-electron chi connectivity index (χ1n) is 6.84. The third kappa shape index (κ3) is 2.84. The van der Waals surface area contributed by atoms with E-state index in [1.54, 1.807) is 0 Å². The molecule has 1 saturated carbocycles. The molecule has 19 heavy (non-hydrogen) atoms. The Balaban J connectivity index is 1.64. The van der Waals surface area contributed by atoms with Crippen LogP contribution in [-0.2, 0) is 6.54 Å². The zero-order chi connectivity index (χ0) is 13.1. The van der Waals surface area contributed by atoms with Crippen LogP contribution in [0.5, 0.6) is 0 Å². The second-order valence-corrected chi connectivity index (χ2v) is 5.06. The molecular formula is C13H19N5O. The minimum atomic E-state index is 0.417. The fourth-order valence-corrected chi connectivity index (χ4v) is 2.77. The largest absolute Gasteiger partial charge is 0.338 e. The van der Waals surface area contributed by atoms with Crippen molar-refractivity contribution >= 4 is 0 Å². The van der Waals surface area contributed by atoms with E-state index in [9.17, 15) is 0 Å². The van der Waals surface area contributed by atoms with Gasteiger partial charge >= 0.3 is 0 Å². The van der Waals surface area contributed by atoms with Gasteiger partial charge in [-0.2, -0.15) is 10.1 Å². The highest BCUT2D eigenvalue weighted by molar-refractivity contribution is 4.91. The van der Waals surface area contributed by atoms with Crippen LogP contribution in [0.25, 0.3) is 0 Å². The van der Waals surface area contributed by atoms with E-state index in [0.717, 1.165) is 6.42 Å². The topological polar surface area (TPSA) is 68.8 Å². The van der Waals surface area contributed by atoms with Crippen LogP contribution in [0, 0.1) is 6.92 Å². The average molecular weight is 261 g/mol. The number of rotatable bonds is 4. The molecule has 1 aliphatic carbocycles. The van der Waals surface area contributed by atoms with Crippen molar-refractivity contribution < 1.29 is 4.52 Å². The average Bonchev–Trinajstić information content (AvgIpc) is 3.08. The smallest absolute Gasteiger partial charge is 0.240 e. The van der Waals surface area contributed by atoms with E-state index in [-0.39, 0.29) is 0 Å². The van der Waals surface area contributed by atoms with Crippen molar-refractivity contribution in [1.82, 2.24) is 25.2 Å². The maximum Gasteiger partial charge on any atom is 0.240 e. The summed E-state index contributed by atoms with van der Waals surface area (Å²) in [5, 5.41) is 11.7. The Morgan fingerprint density at radius 3 is 3.05 bits per heavy atom.